The fraction of sp³-hybridized carbons (Fsp3) is 0.429. The number of pyridine rings is 1. The van der Waals surface area contributed by atoms with Gasteiger partial charge in [-0.15, -0.1) is 11.3 Å². The van der Waals surface area contributed by atoms with Crippen LogP contribution in [-0.4, -0.2) is 66.9 Å². The Morgan fingerprint density at radius 2 is 2.08 bits per heavy atom. The van der Waals surface area contributed by atoms with Gasteiger partial charge in [0.2, 0.25) is 0 Å². The minimum Gasteiger partial charge on any atom is -0.497 e. The fourth-order valence-electron chi connectivity index (χ4n) is 4.87. The zero-order valence-electron chi connectivity index (χ0n) is 21.0. The number of aliphatic hydroxyl groups is 1. The molecule has 2 aromatic heterocycles. The quantitative estimate of drug-likeness (QED) is 0.437. The summed E-state index contributed by atoms with van der Waals surface area (Å²) in [6.45, 7) is 1.99. The van der Waals surface area contributed by atoms with E-state index in [1.807, 2.05) is 54.7 Å². The maximum atomic E-state index is 12.4. The van der Waals surface area contributed by atoms with Crippen molar-refractivity contribution >= 4 is 33.9 Å². The van der Waals surface area contributed by atoms with Crippen molar-refractivity contribution in [1.82, 2.24) is 9.88 Å². The van der Waals surface area contributed by atoms with Gasteiger partial charge < -0.3 is 19.8 Å². The third-order valence-corrected chi connectivity index (χ3v) is 7.89. The standard InChI is InChI=1S/C28H33N3O4S/c1-30(2)24-19-29-23-9-8-20(35-3)18-22(23)26(24)25(32)10-11-28(27(33)34)12-15-31(16-13-28)14-4-6-21-7-5-17-36-21/h5,7-9,17-19,25,32H,10-16H2,1-3H3,(H,33,34)/t25-/m0/s1. The molecule has 0 spiro atoms. The molecular weight excluding hydrogens is 474 g/mol. The van der Waals surface area contributed by atoms with Crippen LogP contribution in [0.3, 0.4) is 0 Å². The summed E-state index contributed by atoms with van der Waals surface area (Å²) < 4.78 is 5.40. The smallest absolute Gasteiger partial charge is 0.309 e. The maximum absolute atomic E-state index is 12.4. The van der Waals surface area contributed by atoms with E-state index in [2.05, 4.69) is 21.7 Å². The van der Waals surface area contributed by atoms with Crippen molar-refractivity contribution in [3.05, 3.63) is 52.3 Å². The van der Waals surface area contributed by atoms with Crippen LogP contribution in [0.4, 0.5) is 5.69 Å². The molecule has 0 bridgehead atoms. The number of carbonyl (C=O) groups is 1. The molecule has 1 aliphatic heterocycles. The second-order valence-electron chi connectivity index (χ2n) is 9.53. The topological polar surface area (TPSA) is 86.1 Å². The van der Waals surface area contributed by atoms with Crippen LogP contribution in [0.2, 0.25) is 0 Å². The number of carboxylic acid groups (broad SMARTS) is 1. The number of aliphatic hydroxyl groups excluding tert-OH is 1. The van der Waals surface area contributed by atoms with E-state index in [1.165, 1.54) is 0 Å². The summed E-state index contributed by atoms with van der Waals surface area (Å²) in [7, 11) is 5.43. The summed E-state index contributed by atoms with van der Waals surface area (Å²) in [5.74, 6) is 6.28. The van der Waals surface area contributed by atoms with Crippen LogP contribution in [0, 0.1) is 17.3 Å². The van der Waals surface area contributed by atoms with Crippen LogP contribution in [0.25, 0.3) is 10.9 Å². The molecular formula is C28H33N3O4S. The first-order chi connectivity index (χ1) is 17.3. The molecule has 1 aromatic carbocycles. The number of rotatable bonds is 8. The van der Waals surface area contributed by atoms with E-state index in [1.54, 1.807) is 24.6 Å². The lowest BCUT2D eigenvalue weighted by Gasteiger charge is -2.38. The van der Waals surface area contributed by atoms with Crippen LogP contribution >= 0.6 is 11.3 Å². The first-order valence-electron chi connectivity index (χ1n) is 12.1. The first kappa shape index (κ1) is 26.0. The zero-order valence-corrected chi connectivity index (χ0v) is 21.8. The Bertz CT molecular complexity index is 1260. The van der Waals surface area contributed by atoms with Crippen molar-refractivity contribution in [3.8, 4) is 17.6 Å². The van der Waals surface area contributed by atoms with Crippen molar-refractivity contribution in [2.24, 2.45) is 5.41 Å². The van der Waals surface area contributed by atoms with Gasteiger partial charge in [0.1, 0.15) is 5.75 Å². The summed E-state index contributed by atoms with van der Waals surface area (Å²) in [6, 6.07) is 9.59. The van der Waals surface area contributed by atoms with Crippen molar-refractivity contribution in [2.75, 3.05) is 45.7 Å². The van der Waals surface area contributed by atoms with E-state index in [0.29, 0.717) is 51.1 Å². The summed E-state index contributed by atoms with van der Waals surface area (Å²) in [5.41, 5.74) is 1.48. The number of anilines is 1. The Morgan fingerprint density at radius 1 is 1.31 bits per heavy atom. The molecule has 0 radical (unpaired) electrons. The summed E-state index contributed by atoms with van der Waals surface area (Å²) in [6.07, 6.45) is 2.77. The van der Waals surface area contributed by atoms with Gasteiger partial charge in [0, 0.05) is 38.1 Å². The highest BCUT2D eigenvalue weighted by atomic mass is 32.1. The fourth-order valence-corrected chi connectivity index (χ4v) is 5.46. The van der Waals surface area contributed by atoms with E-state index in [4.69, 9.17) is 4.74 Å². The van der Waals surface area contributed by atoms with Gasteiger partial charge in [-0.05, 0) is 55.3 Å². The molecule has 0 unspecified atom stereocenters. The second-order valence-corrected chi connectivity index (χ2v) is 10.5. The number of hydrogen-bond donors (Lipinski definition) is 2. The van der Waals surface area contributed by atoms with Crippen LogP contribution in [0.1, 0.15) is 42.2 Å². The minimum atomic E-state index is -0.850. The number of fused-ring (bicyclic) bond motifs is 1. The number of aliphatic carboxylic acids is 1. The lowest BCUT2D eigenvalue weighted by atomic mass is 9.74. The SMILES string of the molecule is COc1ccc2ncc(N(C)C)c([C@@H](O)CCC3(C(=O)O)CCN(CC#Cc4cccs4)CC3)c2c1. The van der Waals surface area contributed by atoms with Crippen LogP contribution in [0.5, 0.6) is 5.75 Å². The highest BCUT2D eigenvalue weighted by molar-refractivity contribution is 7.10. The molecule has 0 amide bonds. The number of ether oxygens (including phenoxy) is 1. The number of methoxy groups -OCH3 is 1. The first-order valence-corrected chi connectivity index (χ1v) is 13.0. The van der Waals surface area contributed by atoms with Crippen molar-refractivity contribution in [1.29, 1.82) is 0 Å². The van der Waals surface area contributed by atoms with Gasteiger partial charge in [0.25, 0.3) is 0 Å². The van der Waals surface area contributed by atoms with Gasteiger partial charge in [-0.2, -0.15) is 0 Å². The summed E-state index contributed by atoms with van der Waals surface area (Å²) >= 11 is 1.62. The predicted molar refractivity (Wildman–Crippen MR) is 144 cm³/mol. The van der Waals surface area contributed by atoms with Gasteiger partial charge in [0.15, 0.2) is 0 Å². The molecule has 190 valence electrons. The Balaban J connectivity index is 1.48. The average Bonchev–Trinajstić information content (AvgIpc) is 3.40. The molecule has 4 rings (SSSR count). The molecule has 1 atom stereocenters. The molecule has 2 N–H and O–H groups in total. The van der Waals surface area contributed by atoms with Crippen molar-refractivity contribution in [2.45, 2.75) is 31.8 Å². The van der Waals surface area contributed by atoms with Gasteiger partial charge in [0.05, 0.1) is 47.5 Å². The number of nitrogens with zero attached hydrogens (tertiary/aromatic N) is 3. The molecule has 1 aliphatic rings. The minimum absolute atomic E-state index is 0.349. The summed E-state index contributed by atoms with van der Waals surface area (Å²) in [5, 5.41) is 24.4. The Labute approximate surface area is 216 Å². The van der Waals surface area contributed by atoms with E-state index >= 15 is 0 Å². The molecule has 7 nitrogen and oxygen atoms in total. The number of carboxylic acids is 1. The number of hydrogen-bond acceptors (Lipinski definition) is 7. The normalized spacial score (nSPS) is 16.2. The molecule has 0 aliphatic carbocycles. The zero-order chi connectivity index (χ0) is 25.7. The average molecular weight is 508 g/mol. The van der Waals surface area contributed by atoms with E-state index in [9.17, 15) is 15.0 Å². The van der Waals surface area contributed by atoms with Crippen LogP contribution in [-0.2, 0) is 4.79 Å². The van der Waals surface area contributed by atoms with Crippen molar-refractivity contribution < 1.29 is 19.7 Å². The highest BCUT2D eigenvalue weighted by Gasteiger charge is 2.41. The maximum Gasteiger partial charge on any atom is 0.309 e. The second kappa shape index (κ2) is 11.3. The number of benzene rings is 1. The molecule has 3 heterocycles. The third-order valence-electron chi connectivity index (χ3n) is 7.11. The lowest BCUT2D eigenvalue weighted by Crippen LogP contribution is -2.44. The largest absolute Gasteiger partial charge is 0.497 e. The Morgan fingerprint density at radius 3 is 2.72 bits per heavy atom. The molecule has 8 heteroatoms. The molecule has 0 saturated carbocycles. The monoisotopic (exact) mass is 507 g/mol. The van der Waals surface area contributed by atoms with Gasteiger partial charge in [-0.25, -0.2) is 0 Å². The van der Waals surface area contributed by atoms with Crippen molar-refractivity contribution in [3.63, 3.8) is 0 Å². The molecule has 1 fully saturated rings. The van der Waals surface area contributed by atoms with Crippen LogP contribution in [0.15, 0.2) is 41.9 Å². The van der Waals surface area contributed by atoms with E-state index in [0.717, 1.165) is 27.0 Å². The van der Waals surface area contributed by atoms with Gasteiger partial charge in [-0.3, -0.25) is 14.7 Å². The number of piperidine rings is 1. The number of thiophene rings is 1. The Hall–Kier alpha value is -3.12. The molecule has 36 heavy (non-hydrogen) atoms. The Kier molecular flexibility index (Phi) is 8.14. The van der Waals surface area contributed by atoms with E-state index < -0.39 is 17.5 Å². The molecule has 3 aromatic rings. The van der Waals surface area contributed by atoms with Gasteiger partial charge in [-0.1, -0.05) is 17.9 Å². The molecule has 1 saturated heterocycles. The highest BCUT2D eigenvalue weighted by Crippen LogP contribution is 2.41. The summed E-state index contributed by atoms with van der Waals surface area (Å²) in [4.78, 5) is 22.1. The van der Waals surface area contributed by atoms with E-state index in [-0.39, 0.29) is 0 Å². The predicted octanol–water partition coefficient (Wildman–Crippen LogP) is 4.40. The van der Waals surface area contributed by atoms with Gasteiger partial charge >= 0.3 is 5.97 Å². The number of aromatic nitrogens is 1. The number of likely N-dealkylation sites (tertiary alicyclic amines) is 1. The third kappa shape index (κ3) is 5.65. The van der Waals surface area contributed by atoms with Crippen LogP contribution < -0.4 is 9.64 Å². The lowest BCUT2D eigenvalue weighted by molar-refractivity contribution is -0.153.